The first kappa shape index (κ1) is 41.3. The van der Waals surface area contributed by atoms with Gasteiger partial charge in [0.1, 0.15) is 29.6 Å². The minimum absolute atomic E-state index is 0.00562. The molecule has 20 heteroatoms. The Hall–Kier alpha value is -6.11. The normalized spacial score (nSPS) is 13.4. The van der Waals surface area contributed by atoms with E-state index in [9.17, 15) is 29.3 Å². The second-order valence-electron chi connectivity index (χ2n) is 11.2. The molecule has 1 aliphatic rings. The standard InChI is InChI=1S/C29H35ClN8O7.C4H4O4/c1-43-24-10-9-20(15-23(24)30)16-33-27-22(28(40)34-18-25-31-11-6-12-32-25)17-35-29(36-27)37-13-5-7-21(37)19-44-26(39)8-3-2-4-14-45-38(41)42;5-3(6)1-2-4(7)8/h6,9-12,15,17,21H,2-5,7-8,13-14,16,18-19H2,1H3,(H,34,40)(H,33,35,36);1-2H,(H,5,6)(H,7,8)/b;2-1+/t21-;/m0./s1. The number of unbranched alkanes of at least 4 members (excludes halogenated alkanes) is 2. The third-order valence-electron chi connectivity index (χ3n) is 7.38. The Bertz CT molecular complexity index is 1720. The van der Waals surface area contributed by atoms with Crippen molar-refractivity contribution in [3.8, 4) is 5.75 Å². The molecule has 0 saturated carbocycles. The van der Waals surface area contributed by atoms with Crippen LogP contribution in [-0.2, 0) is 37.0 Å². The van der Waals surface area contributed by atoms with Gasteiger partial charge in [0.2, 0.25) is 5.95 Å². The van der Waals surface area contributed by atoms with Gasteiger partial charge < -0.3 is 40.1 Å². The third kappa shape index (κ3) is 15.0. The Labute approximate surface area is 308 Å². The van der Waals surface area contributed by atoms with Gasteiger partial charge in [-0.05, 0) is 49.4 Å². The lowest BCUT2D eigenvalue weighted by molar-refractivity contribution is -0.757. The third-order valence-corrected chi connectivity index (χ3v) is 7.68. The Balaban J connectivity index is 0.000000846. The fourth-order valence-electron chi connectivity index (χ4n) is 4.86. The van der Waals surface area contributed by atoms with Gasteiger partial charge in [-0.1, -0.05) is 24.1 Å². The topological polar surface area (TPSA) is 258 Å². The fraction of sp³-hybridized carbons (Fsp3) is 0.394. The van der Waals surface area contributed by atoms with Crippen molar-refractivity contribution in [1.29, 1.82) is 0 Å². The average Bonchev–Trinajstić information content (AvgIpc) is 3.62. The maximum atomic E-state index is 13.2. The predicted molar refractivity (Wildman–Crippen MR) is 188 cm³/mol. The van der Waals surface area contributed by atoms with Gasteiger partial charge in [-0.15, -0.1) is 10.1 Å². The predicted octanol–water partition coefficient (Wildman–Crippen LogP) is 3.46. The molecule has 2 aromatic heterocycles. The molecule has 0 spiro atoms. The van der Waals surface area contributed by atoms with Gasteiger partial charge in [0.15, 0.2) is 0 Å². The zero-order valence-electron chi connectivity index (χ0n) is 28.7. The molecule has 1 aliphatic heterocycles. The largest absolute Gasteiger partial charge is 0.495 e. The molecule has 0 bridgehead atoms. The SMILES string of the molecule is COc1ccc(CNc2nc(N3CCC[C@H]3COC(=O)CCCCCO[N+](=O)[O-])ncc2C(=O)NCc2ncccn2)cc1Cl.O=C(O)/C=C/C(=O)O. The summed E-state index contributed by atoms with van der Waals surface area (Å²) in [5.41, 5.74) is 1.08. The number of amides is 1. The van der Waals surface area contributed by atoms with Crippen molar-refractivity contribution in [3.63, 3.8) is 0 Å². The number of aromatic nitrogens is 4. The highest BCUT2D eigenvalue weighted by molar-refractivity contribution is 6.32. The summed E-state index contributed by atoms with van der Waals surface area (Å²) in [6, 6.07) is 6.95. The van der Waals surface area contributed by atoms with Crippen LogP contribution in [0.15, 0.2) is 55.0 Å². The van der Waals surface area contributed by atoms with E-state index in [1.165, 1.54) is 6.20 Å². The lowest BCUT2D eigenvalue weighted by Gasteiger charge is -2.25. The number of nitrogens with zero attached hydrogens (tertiary/aromatic N) is 6. The quantitative estimate of drug-likeness (QED) is 0.0448. The molecule has 1 atom stereocenters. The summed E-state index contributed by atoms with van der Waals surface area (Å²) in [6.07, 6.45) is 9.27. The Kier molecular flexibility index (Phi) is 17.1. The molecule has 3 heterocycles. The maximum absolute atomic E-state index is 13.2. The van der Waals surface area contributed by atoms with Crippen LogP contribution in [0, 0.1) is 10.1 Å². The van der Waals surface area contributed by atoms with E-state index in [0.29, 0.717) is 72.9 Å². The van der Waals surface area contributed by atoms with Crippen LogP contribution in [0.5, 0.6) is 5.75 Å². The first-order valence-corrected chi connectivity index (χ1v) is 16.7. The second-order valence-corrected chi connectivity index (χ2v) is 11.6. The fourth-order valence-corrected chi connectivity index (χ4v) is 5.14. The molecular formula is C33H39ClN8O11. The molecule has 53 heavy (non-hydrogen) atoms. The Morgan fingerprint density at radius 1 is 1.08 bits per heavy atom. The van der Waals surface area contributed by atoms with Crippen molar-refractivity contribution < 1.29 is 48.8 Å². The summed E-state index contributed by atoms with van der Waals surface area (Å²) in [5, 5.41) is 31.5. The minimum Gasteiger partial charge on any atom is -0.495 e. The molecule has 1 amide bonds. The van der Waals surface area contributed by atoms with Crippen LogP contribution < -0.4 is 20.3 Å². The van der Waals surface area contributed by atoms with E-state index in [0.717, 1.165) is 18.4 Å². The molecule has 4 rings (SSSR count). The molecule has 284 valence electrons. The number of nitrogens with one attached hydrogen (secondary N) is 2. The number of carbonyl (C=O) groups is 4. The summed E-state index contributed by atoms with van der Waals surface area (Å²) in [6.45, 7) is 1.27. The minimum atomic E-state index is -1.26. The van der Waals surface area contributed by atoms with Crippen LogP contribution in [0.2, 0.25) is 5.02 Å². The van der Waals surface area contributed by atoms with Crippen molar-refractivity contribution in [2.75, 3.05) is 37.1 Å². The molecular weight excluding hydrogens is 720 g/mol. The van der Waals surface area contributed by atoms with Gasteiger partial charge >= 0.3 is 17.9 Å². The number of hydrogen-bond acceptors (Lipinski definition) is 15. The van der Waals surface area contributed by atoms with Gasteiger partial charge in [0.25, 0.3) is 11.0 Å². The van der Waals surface area contributed by atoms with Crippen LogP contribution in [-0.4, -0.2) is 92.0 Å². The number of aliphatic carboxylic acids is 2. The molecule has 19 nitrogen and oxygen atoms in total. The lowest BCUT2D eigenvalue weighted by Crippen LogP contribution is -2.35. The molecule has 0 unspecified atom stereocenters. The highest BCUT2D eigenvalue weighted by Gasteiger charge is 2.29. The van der Waals surface area contributed by atoms with Gasteiger partial charge in [-0.3, -0.25) is 9.59 Å². The second kappa shape index (κ2) is 22.0. The number of anilines is 2. The number of halogens is 1. The summed E-state index contributed by atoms with van der Waals surface area (Å²) < 4.78 is 10.8. The van der Waals surface area contributed by atoms with E-state index in [1.807, 2.05) is 11.0 Å². The highest BCUT2D eigenvalue weighted by atomic mass is 35.5. The number of hydrogen-bond donors (Lipinski definition) is 4. The summed E-state index contributed by atoms with van der Waals surface area (Å²) >= 11 is 6.31. The number of rotatable bonds is 19. The first-order chi connectivity index (χ1) is 25.5. The summed E-state index contributed by atoms with van der Waals surface area (Å²) in [7, 11) is 1.54. The van der Waals surface area contributed by atoms with Crippen molar-refractivity contribution in [3.05, 3.63) is 87.1 Å². The van der Waals surface area contributed by atoms with Crippen LogP contribution in [0.4, 0.5) is 11.8 Å². The van der Waals surface area contributed by atoms with Crippen molar-refractivity contribution in [1.82, 2.24) is 25.3 Å². The number of ether oxygens (including phenoxy) is 2. The van der Waals surface area contributed by atoms with E-state index in [4.69, 9.17) is 36.3 Å². The molecule has 0 radical (unpaired) electrons. The molecule has 1 saturated heterocycles. The molecule has 1 aromatic carbocycles. The van der Waals surface area contributed by atoms with Crippen LogP contribution >= 0.6 is 11.6 Å². The zero-order valence-corrected chi connectivity index (χ0v) is 29.4. The summed E-state index contributed by atoms with van der Waals surface area (Å²) in [5.74, 6) is -1.52. The van der Waals surface area contributed by atoms with E-state index in [2.05, 4.69) is 30.4 Å². The van der Waals surface area contributed by atoms with Gasteiger partial charge in [-0.25, -0.2) is 24.5 Å². The average molecular weight is 759 g/mol. The van der Waals surface area contributed by atoms with Gasteiger partial charge in [0, 0.05) is 50.3 Å². The van der Waals surface area contributed by atoms with E-state index in [-0.39, 0.29) is 43.8 Å². The number of esters is 1. The zero-order chi connectivity index (χ0) is 38.6. The number of carbonyl (C=O) groups excluding carboxylic acids is 2. The van der Waals surface area contributed by atoms with Gasteiger partial charge in [0.05, 0.1) is 31.3 Å². The van der Waals surface area contributed by atoms with E-state index in [1.54, 1.807) is 37.7 Å². The number of benzene rings is 1. The maximum Gasteiger partial charge on any atom is 0.328 e. The Morgan fingerprint density at radius 2 is 1.81 bits per heavy atom. The first-order valence-electron chi connectivity index (χ1n) is 16.3. The van der Waals surface area contributed by atoms with Crippen molar-refractivity contribution >= 4 is 47.2 Å². The van der Waals surface area contributed by atoms with Crippen molar-refractivity contribution in [2.45, 2.75) is 57.7 Å². The van der Waals surface area contributed by atoms with Crippen LogP contribution in [0.1, 0.15) is 60.3 Å². The lowest BCUT2D eigenvalue weighted by atomic mass is 10.2. The van der Waals surface area contributed by atoms with Crippen LogP contribution in [0.25, 0.3) is 0 Å². The molecule has 3 aromatic rings. The monoisotopic (exact) mass is 758 g/mol. The molecule has 4 N–H and O–H groups in total. The summed E-state index contributed by atoms with van der Waals surface area (Å²) in [4.78, 5) is 78.6. The highest BCUT2D eigenvalue weighted by Crippen LogP contribution is 2.27. The molecule has 1 fully saturated rings. The van der Waals surface area contributed by atoms with Crippen LogP contribution in [0.3, 0.4) is 0 Å². The number of methoxy groups -OCH3 is 1. The van der Waals surface area contributed by atoms with E-state index < -0.39 is 22.9 Å². The Morgan fingerprint density at radius 3 is 2.47 bits per heavy atom. The number of carboxylic acids is 2. The molecule has 0 aliphatic carbocycles. The smallest absolute Gasteiger partial charge is 0.328 e. The van der Waals surface area contributed by atoms with E-state index >= 15 is 0 Å². The number of carboxylic acid groups (broad SMARTS) is 2. The van der Waals surface area contributed by atoms with Crippen molar-refractivity contribution in [2.24, 2.45) is 0 Å². The van der Waals surface area contributed by atoms with Gasteiger partial charge in [-0.2, -0.15) is 4.98 Å².